The summed E-state index contributed by atoms with van der Waals surface area (Å²) in [6.45, 7) is -2.58. The molecule has 3 saturated heterocycles. The van der Waals surface area contributed by atoms with Crippen LogP contribution in [0.1, 0.15) is 28.4 Å². The SMILES string of the molecule is COc1cc(C=CC(=O)OC2C(OC3C(OC4=Cc5c(cc(O)cc5OC5OC(CO)C(O)C(O)C5O)OC4c4ccc(O)c(O)c4)OC(COC(=O)C=Cc4ccc(O)cc4)C(O)C3O)OC(CO)C(O)C2O)cc(OC)c1O. The molecule has 0 bridgehead atoms. The topological polar surface area (TPSA) is 419 Å². The summed E-state index contributed by atoms with van der Waals surface area (Å²) >= 11 is 0. The molecule has 4 aliphatic heterocycles. The van der Waals surface area contributed by atoms with Crippen LogP contribution in [0.25, 0.3) is 18.2 Å². The molecule has 80 heavy (non-hydrogen) atoms. The smallest absolute Gasteiger partial charge is 0.331 e. The van der Waals surface area contributed by atoms with Gasteiger partial charge in [-0.15, -0.1) is 0 Å². The average Bonchev–Trinajstić information content (AvgIpc) is 3.49. The Kier molecular flexibility index (Phi) is 18.6. The molecule has 0 aliphatic carbocycles. The Morgan fingerprint density at radius 2 is 1.16 bits per heavy atom. The maximum absolute atomic E-state index is 13.5. The molecule has 0 aromatic heterocycles. The molecule has 432 valence electrons. The molecule has 27 heteroatoms. The minimum atomic E-state index is -2.18. The van der Waals surface area contributed by atoms with Crippen LogP contribution >= 0.6 is 0 Å². The highest BCUT2D eigenvalue weighted by Crippen LogP contribution is 2.47. The zero-order valence-corrected chi connectivity index (χ0v) is 42.2. The van der Waals surface area contributed by atoms with E-state index in [-0.39, 0.29) is 56.9 Å². The first-order chi connectivity index (χ1) is 38.2. The number of carbonyl (C=O) groups is 2. The number of benzene rings is 4. The molecular weight excluding hydrogens is 1070 g/mol. The van der Waals surface area contributed by atoms with Crippen LogP contribution in [0.5, 0.6) is 51.7 Å². The molecule has 0 spiro atoms. The first kappa shape index (κ1) is 58.7. The van der Waals surface area contributed by atoms with Crippen LogP contribution in [0.15, 0.2) is 84.6 Å². The van der Waals surface area contributed by atoms with Gasteiger partial charge >= 0.3 is 11.9 Å². The normalized spacial score (nSPS) is 30.4. The molecule has 4 aromatic carbocycles. The molecule has 4 aliphatic rings. The molecule has 0 saturated carbocycles. The molecule has 27 nitrogen and oxygen atoms in total. The van der Waals surface area contributed by atoms with Crippen molar-refractivity contribution in [1.29, 1.82) is 0 Å². The van der Waals surface area contributed by atoms with E-state index in [1.54, 1.807) is 0 Å². The van der Waals surface area contributed by atoms with E-state index in [4.69, 9.17) is 52.1 Å². The summed E-state index contributed by atoms with van der Waals surface area (Å²) in [6.07, 6.45) is -24.6. The molecule has 0 amide bonds. The minimum absolute atomic E-state index is 0.0244. The third-order valence-electron chi connectivity index (χ3n) is 13.1. The Hall–Kier alpha value is -7.48. The lowest BCUT2D eigenvalue weighted by molar-refractivity contribution is -0.364. The van der Waals surface area contributed by atoms with Crippen LogP contribution in [0.4, 0.5) is 0 Å². The second-order valence-corrected chi connectivity index (χ2v) is 18.5. The van der Waals surface area contributed by atoms with Crippen molar-refractivity contribution in [2.24, 2.45) is 0 Å². The average molecular weight is 1130 g/mol. The number of aromatic hydroxyl groups is 5. The van der Waals surface area contributed by atoms with Crippen molar-refractivity contribution in [2.75, 3.05) is 34.0 Å². The van der Waals surface area contributed by atoms with Gasteiger partial charge in [-0.25, -0.2) is 9.59 Å². The van der Waals surface area contributed by atoms with E-state index in [1.807, 2.05) is 0 Å². The zero-order chi connectivity index (χ0) is 57.7. The van der Waals surface area contributed by atoms with Gasteiger partial charge in [0, 0.05) is 29.8 Å². The Balaban J connectivity index is 1.16. The lowest BCUT2D eigenvalue weighted by Crippen LogP contribution is -2.65. The van der Waals surface area contributed by atoms with Crippen molar-refractivity contribution >= 4 is 30.2 Å². The standard InChI is InChI=1S/C53H58O27/c1-70-32-13-23(14-33(71-2)40(32)62)6-12-39(61)79-49-45(67)42(64)36(20-55)77-53(49)80-50-46(68)43(65)37(21-72-38(60)11-5-22-3-8-25(56)9-4-22)78-52(50)75-34-18-27-30(73-48(34)24-7-10-28(58)29(59)15-24)16-26(57)17-31(27)74-51-47(69)44(66)41(63)35(19-54)76-51/h3-18,35-37,41-59,62-69H,19-21H2,1-2H3. The predicted octanol–water partition coefficient (Wildman–Crippen LogP) is -0.946. The van der Waals surface area contributed by atoms with Gasteiger partial charge in [0.2, 0.25) is 18.3 Å². The first-order valence-corrected chi connectivity index (χ1v) is 24.4. The van der Waals surface area contributed by atoms with Crippen molar-refractivity contribution in [3.05, 3.63) is 107 Å². The fraction of sp³-hybridized carbons (Fsp3) is 0.396. The number of ether oxygens (including phenoxy) is 11. The number of hydrogen-bond donors (Lipinski definition) is 14. The van der Waals surface area contributed by atoms with Crippen molar-refractivity contribution in [1.82, 2.24) is 0 Å². The molecule has 3 fully saturated rings. The monoisotopic (exact) mass is 1130 g/mol. The summed E-state index contributed by atoms with van der Waals surface area (Å²) in [4.78, 5) is 26.5. The van der Waals surface area contributed by atoms with Gasteiger partial charge in [-0.1, -0.05) is 18.2 Å². The maximum atomic E-state index is 13.5. The van der Waals surface area contributed by atoms with Crippen molar-refractivity contribution in [3.63, 3.8) is 0 Å². The number of fused-ring (bicyclic) bond motifs is 1. The van der Waals surface area contributed by atoms with E-state index in [1.165, 1.54) is 74.9 Å². The van der Waals surface area contributed by atoms with Gasteiger partial charge in [0.15, 0.2) is 47.6 Å². The van der Waals surface area contributed by atoms with E-state index in [0.29, 0.717) is 5.56 Å². The maximum Gasteiger partial charge on any atom is 0.331 e. The third kappa shape index (κ3) is 12.9. The molecule has 0 radical (unpaired) electrons. The minimum Gasteiger partial charge on any atom is -0.508 e. The molecule has 8 rings (SSSR count). The first-order valence-electron chi connectivity index (χ1n) is 24.4. The number of esters is 2. The van der Waals surface area contributed by atoms with Gasteiger partial charge in [-0.2, -0.15) is 0 Å². The van der Waals surface area contributed by atoms with Crippen LogP contribution < -0.4 is 18.9 Å². The second kappa shape index (κ2) is 25.3. The predicted molar refractivity (Wildman–Crippen MR) is 266 cm³/mol. The van der Waals surface area contributed by atoms with E-state index in [9.17, 15) is 81.1 Å². The molecule has 14 N–H and O–H groups in total. The third-order valence-corrected chi connectivity index (χ3v) is 13.1. The number of carbonyl (C=O) groups excluding carboxylic acids is 2. The van der Waals surface area contributed by atoms with Crippen LogP contribution in [0.2, 0.25) is 0 Å². The number of aliphatic hydroxyl groups is 9. The molecule has 16 unspecified atom stereocenters. The number of phenolic OH excluding ortho intramolecular Hbond substituents is 5. The quantitative estimate of drug-likeness (QED) is 0.0325. The molecule has 4 heterocycles. The lowest BCUT2D eigenvalue weighted by Gasteiger charge is -2.47. The van der Waals surface area contributed by atoms with Crippen molar-refractivity contribution in [3.8, 4) is 51.7 Å². The summed E-state index contributed by atoms with van der Waals surface area (Å²) in [7, 11) is 2.55. The van der Waals surface area contributed by atoms with E-state index in [0.717, 1.165) is 36.4 Å². The largest absolute Gasteiger partial charge is 0.508 e. The van der Waals surface area contributed by atoms with Crippen LogP contribution in [-0.2, 0) is 42.7 Å². The Morgan fingerprint density at radius 1 is 0.562 bits per heavy atom. The molecular formula is C53H58O27. The molecule has 4 aromatic rings. The lowest BCUT2D eigenvalue weighted by atomic mass is 9.96. The number of hydrogen-bond acceptors (Lipinski definition) is 27. The van der Waals surface area contributed by atoms with E-state index >= 15 is 0 Å². The highest BCUT2D eigenvalue weighted by atomic mass is 16.8. The Morgan fingerprint density at radius 3 is 1.81 bits per heavy atom. The van der Waals surface area contributed by atoms with Crippen molar-refractivity contribution in [2.45, 2.75) is 98.2 Å². The Bertz CT molecular complexity index is 2880. The summed E-state index contributed by atoms with van der Waals surface area (Å²) in [5, 5.41) is 150. The van der Waals surface area contributed by atoms with Gasteiger partial charge in [-0.3, -0.25) is 0 Å². The molecule has 16 atom stereocenters. The highest BCUT2D eigenvalue weighted by Gasteiger charge is 2.54. The fourth-order valence-corrected chi connectivity index (χ4v) is 8.82. The van der Waals surface area contributed by atoms with Gasteiger partial charge in [0.1, 0.15) is 96.4 Å². The van der Waals surface area contributed by atoms with Crippen LogP contribution in [-0.4, -0.2) is 210 Å². The number of rotatable bonds is 18. The summed E-state index contributed by atoms with van der Waals surface area (Å²) in [5.41, 5.74) is 0.650. The van der Waals surface area contributed by atoms with Crippen LogP contribution in [0.3, 0.4) is 0 Å². The number of aliphatic hydroxyl groups excluding tert-OH is 9. The number of phenols is 5. The van der Waals surface area contributed by atoms with Gasteiger partial charge < -0.3 is 124 Å². The summed E-state index contributed by atoms with van der Waals surface area (Å²) in [6, 6.07) is 14.0. The van der Waals surface area contributed by atoms with E-state index < -0.39 is 147 Å². The fourth-order valence-electron chi connectivity index (χ4n) is 8.82. The summed E-state index contributed by atoms with van der Waals surface area (Å²) < 4.78 is 63.8. The Labute approximate surface area is 453 Å². The van der Waals surface area contributed by atoms with Crippen molar-refractivity contribution < 1.29 is 133 Å². The summed E-state index contributed by atoms with van der Waals surface area (Å²) in [5.74, 6) is -5.21. The van der Waals surface area contributed by atoms with Gasteiger partial charge in [0.25, 0.3) is 0 Å². The van der Waals surface area contributed by atoms with E-state index in [2.05, 4.69) is 0 Å². The van der Waals surface area contributed by atoms with Gasteiger partial charge in [0.05, 0.1) is 33.0 Å². The van der Waals surface area contributed by atoms with Crippen LogP contribution in [0, 0.1) is 0 Å². The van der Waals surface area contributed by atoms with Gasteiger partial charge in [-0.05, 0) is 65.8 Å². The highest BCUT2D eigenvalue weighted by molar-refractivity contribution is 5.88. The number of methoxy groups -OCH3 is 2. The second-order valence-electron chi connectivity index (χ2n) is 18.5. The zero-order valence-electron chi connectivity index (χ0n) is 42.2.